The van der Waals surface area contributed by atoms with Crippen LogP contribution in [0, 0.1) is 10.1 Å². The van der Waals surface area contributed by atoms with Crippen LogP contribution in [-0.2, 0) is 0 Å². The van der Waals surface area contributed by atoms with Gasteiger partial charge in [0.05, 0.1) is 16.0 Å². The van der Waals surface area contributed by atoms with Gasteiger partial charge in [-0.15, -0.1) is 0 Å². The molecule has 124 valence electrons. The van der Waals surface area contributed by atoms with Crippen LogP contribution in [0.5, 0.6) is 0 Å². The van der Waals surface area contributed by atoms with Crippen LogP contribution in [0.15, 0.2) is 42.5 Å². The van der Waals surface area contributed by atoms with Crippen molar-refractivity contribution in [1.29, 1.82) is 0 Å². The van der Waals surface area contributed by atoms with Crippen LogP contribution in [0.1, 0.15) is 37.4 Å². The molecule has 1 unspecified atom stereocenters. The highest BCUT2D eigenvalue weighted by atomic mass is 35.5. The van der Waals surface area contributed by atoms with Crippen LogP contribution in [0.25, 0.3) is 11.0 Å². The van der Waals surface area contributed by atoms with E-state index in [1.165, 1.54) is 12.1 Å². The molecule has 3 rings (SSSR count). The molecule has 0 fully saturated rings. The lowest BCUT2D eigenvalue weighted by molar-refractivity contribution is -0.384. The Hall–Kier alpha value is -2.47. The minimum absolute atomic E-state index is 0.0249. The Morgan fingerprint density at radius 2 is 1.96 bits per heavy atom. The standard InChI is InChI=1S/C17H15ClFN3O2/c1-10(2)21-15-6-4-3-5-14(15)20-17(21)16(19)12-9-11(22(23)24)7-8-13(12)18/h3-10,16H,1-2H3. The fraction of sp³-hybridized carbons (Fsp3) is 0.235. The number of fused-ring (bicyclic) bond motifs is 1. The molecule has 0 bridgehead atoms. The Kier molecular flexibility index (Phi) is 4.24. The average molecular weight is 348 g/mol. The van der Waals surface area contributed by atoms with Gasteiger partial charge in [-0.25, -0.2) is 9.37 Å². The molecular formula is C17H15ClFN3O2. The summed E-state index contributed by atoms with van der Waals surface area (Å²) >= 11 is 6.08. The van der Waals surface area contributed by atoms with Gasteiger partial charge in [0.25, 0.3) is 5.69 Å². The van der Waals surface area contributed by atoms with Gasteiger partial charge in [-0.05, 0) is 32.0 Å². The number of hydrogen-bond donors (Lipinski definition) is 0. The van der Waals surface area contributed by atoms with Crippen molar-refractivity contribution in [2.45, 2.75) is 26.1 Å². The van der Waals surface area contributed by atoms with Crippen LogP contribution in [0.2, 0.25) is 5.02 Å². The molecule has 0 radical (unpaired) electrons. The molecule has 1 atom stereocenters. The van der Waals surface area contributed by atoms with Gasteiger partial charge in [0.1, 0.15) is 5.82 Å². The molecule has 1 heterocycles. The number of para-hydroxylation sites is 2. The molecule has 0 amide bonds. The molecule has 0 saturated carbocycles. The first-order valence-electron chi connectivity index (χ1n) is 7.45. The number of halogens is 2. The normalized spacial score (nSPS) is 12.7. The number of nitro groups is 1. The highest BCUT2D eigenvalue weighted by Gasteiger charge is 2.26. The fourth-order valence-corrected chi connectivity index (χ4v) is 2.98. The quantitative estimate of drug-likeness (QED) is 0.479. The first kappa shape index (κ1) is 16.4. The summed E-state index contributed by atoms with van der Waals surface area (Å²) in [5, 5.41) is 11.1. The average Bonchev–Trinajstić information content (AvgIpc) is 2.94. The minimum atomic E-state index is -1.66. The number of imidazole rings is 1. The molecule has 0 N–H and O–H groups in total. The molecule has 0 saturated heterocycles. The zero-order valence-corrected chi connectivity index (χ0v) is 13.9. The maximum atomic E-state index is 15.2. The Morgan fingerprint density at radius 3 is 2.62 bits per heavy atom. The number of rotatable bonds is 4. The molecule has 1 aromatic heterocycles. The second-order valence-electron chi connectivity index (χ2n) is 5.75. The Bertz CT molecular complexity index is 923. The first-order chi connectivity index (χ1) is 11.4. The van der Waals surface area contributed by atoms with Crippen molar-refractivity contribution in [3.8, 4) is 0 Å². The highest BCUT2D eigenvalue weighted by molar-refractivity contribution is 6.31. The Balaban J connectivity index is 2.19. The predicted molar refractivity (Wildman–Crippen MR) is 91.2 cm³/mol. The molecule has 3 aromatic rings. The van der Waals surface area contributed by atoms with Gasteiger partial charge in [0.2, 0.25) is 0 Å². The monoisotopic (exact) mass is 347 g/mol. The van der Waals surface area contributed by atoms with Gasteiger partial charge in [0.15, 0.2) is 6.17 Å². The lowest BCUT2D eigenvalue weighted by atomic mass is 10.1. The van der Waals surface area contributed by atoms with Crippen LogP contribution in [0.3, 0.4) is 0 Å². The fourth-order valence-electron chi connectivity index (χ4n) is 2.76. The van der Waals surface area contributed by atoms with Crippen molar-refractivity contribution in [2.24, 2.45) is 0 Å². The molecule has 7 heteroatoms. The Labute approximate surface area is 142 Å². The highest BCUT2D eigenvalue weighted by Crippen LogP contribution is 2.36. The van der Waals surface area contributed by atoms with E-state index in [9.17, 15) is 10.1 Å². The topological polar surface area (TPSA) is 61.0 Å². The van der Waals surface area contributed by atoms with Crippen molar-refractivity contribution >= 4 is 28.3 Å². The maximum Gasteiger partial charge on any atom is 0.269 e. The zero-order chi connectivity index (χ0) is 17.4. The largest absolute Gasteiger partial charge is 0.323 e. The summed E-state index contributed by atoms with van der Waals surface area (Å²) in [4.78, 5) is 14.8. The van der Waals surface area contributed by atoms with Crippen LogP contribution in [0.4, 0.5) is 10.1 Å². The van der Waals surface area contributed by atoms with Crippen LogP contribution >= 0.6 is 11.6 Å². The third-order valence-electron chi connectivity index (χ3n) is 3.83. The third-order valence-corrected chi connectivity index (χ3v) is 4.17. The summed E-state index contributed by atoms with van der Waals surface area (Å²) in [6.45, 7) is 3.86. The number of nitro benzene ring substituents is 1. The van der Waals surface area contributed by atoms with E-state index in [0.717, 1.165) is 11.6 Å². The number of alkyl halides is 1. The van der Waals surface area contributed by atoms with Crippen molar-refractivity contribution in [3.05, 3.63) is 69.0 Å². The van der Waals surface area contributed by atoms with Gasteiger partial charge in [-0.2, -0.15) is 0 Å². The van der Waals surface area contributed by atoms with E-state index >= 15 is 4.39 Å². The van der Waals surface area contributed by atoms with Gasteiger partial charge in [-0.1, -0.05) is 23.7 Å². The van der Waals surface area contributed by atoms with Crippen molar-refractivity contribution in [3.63, 3.8) is 0 Å². The van der Waals surface area contributed by atoms with Crippen LogP contribution in [-0.4, -0.2) is 14.5 Å². The molecule has 2 aromatic carbocycles. The third kappa shape index (κ3) is 2.73. The lowest BCUT2D eigenvalue weighted by Crippen LogP contribution is -2.10. The summed E-state index contributed by atoms with van der Waals surface area (Å²) in [6, 6.07) is 11.1. The van der Waals surface area contributed by atoms with Gasteiger partial charge in [-0.3, -0.25) is 10.1 Å². The van der Waals surface area contributed by atoms with E-state index in [1.807, 2.05) is 32.0 Å². The number of nitrogens with zero attached hydrogens (tertiary/aromatic N) is 3. The lowest BCUT2D eigenvalue weighted by Gasteiger charge is -2.16. The summed E-state index contributed by atoms with van der Waals surface area (Å²) in [6.07, 6.45) is -1.66. The molecule has 0 spiro atoms. The molecule has 24 heavy (non-hydrogen) atoms. The summed E-state index contributed by atoms with van der Waals surface area (Å²) in [5.41, 5.74) is 1.32. The van der Waals surface area contributed by atoms with E-state index < -0.39 is 11.1 Å². The van der Waals surface area contributed by atoms with Crippen LogP contribution < -0.4 is 0 Å². The van der Waals surface area contributed by atoms with Gasteiger partial charge < -0.3 is 4.57 Å². The number of benzene rings is 2. The molecule has 0 aliphatic rings. The molecular weight excluding hydrogens is 333 g/mol. The van der Waals surface area contributed by atoms with Gasteiger partial charge >= 0.3 is 0 Å². The molecule has 5 nitrogen and oxygen atoms in total. The second-order valence-corrected chi connectivity index (χ2v) is 6.16. The van der Waals surface area contributed by atoms with E-state index in [4.69, 9.17) is 11.6 Å². The molecule has 0 aliphatic heterocycles. The van der Waals surface area contributed by atoms with Crippen molar-refractivity contribution < 1.29 is 9.31 Å². The number of aromatic nitrogens is 2. The predicted octanol–water partition coefficient (Wildman–Crippen LogP) is 5.24. The smallest absolute Gasteiger partial charge is 0.269 e. The Morgan fingerprint density at radius 1 is 1.25 bits per heavy atom. The summed E-state index contributed by atoms with van der Waals surface area (Å²) < 4.78 is 17.0. The van der Waals surface area contributed by atoms with E-state index in [0.29, 0.717) is 5.52 Å². The van der Waals surface area contributed by atoms with Gasteiger partial charge in [0, 0.05) is 28.8 Å². The number of non-ortho nitro benzene ring substituents is 1. The minimum Gasteiger partial charge on any atom is -0.323 e. The van der Waals surface area contributed by atoms with Crippen molar-refractivity contribution in [1.82, 2.24) is 9.55 Å². The summed E-state index contributed by atoms with van der Waals surface area (Å²) in [5.74, 6) is 0.189. The first-order valence-corrected chi connectivity index (χ1v) is 7.82. The van der Waals surface area contributed by atoms with Crippen molar-refractivity contribution in [2.75, 3.05) is 0 Å². The second kappa shape index (κ2) is 6.20. The van der Waals surface area contributed by atoms with E-state index in [1.54, 1.807) is 10.6 Å². The summed E-state index contributed by atoms with van der Waals surface area (Å²) in [7, 11) is 0. The van der Waals surface area contributed by atoms with E-state index in [-0.39, 0.29) is 28.1 Å². The van der Waals surface area contributed by atoms with E-state index in [2.05, 4.69) is 4.98 Å². The SMILES string of the molecule is CC(C)n1c(C(F)c2cc([N+](=O)[O-])ccc2Cl)nc2ccccc21. The maximum absolute atomic E-state index is 15.2. The molecule has 0 aliphatic carbocycles. The number of hydrogen-bond acceptors (Lipinski definition) is 3. The zero-order valence-electron chi connectivity index (χ0n) is 13.1.